The number of aliphatic imine (C=N–C) groups is 2. The lowest BCUT2D eigenvalue weighted by Gasteiger charge is -2.05. The van der Waals surface area contributed by atoms with Gasteiger partial charge in [0.15, 0.2) is 0 Å². The van der Waals surface area contributed by atoms with E-state index in [0.29, 0.717) is 37.9 Å². The molecule has 2 aromatic carbocycles. The number of nitrogens with zero attached hydrogens (tertiary/aromatic N) is 2. The van der Waals surface area contributed by atoms with Crippen LogP contribution in [0.15, 0.2) is 46.4 Å². The zero-order valence-electron chi connectivity index (χ0n) is 12.6. The van der Waals surface area contributed by atoms with Crippen molar-refractivity contribution in [3.63, 3.8) is 0 Å². The molecule has 0 radical (unpaired) electrons. The van der Waals surface area contributed by atoms with E-state index in [1.165, 1.54) is 0 Å². The van der Waals surface area contributed by atoms with Crippen molar-refractivity contribution >= 4 is 69.2 Å². The smallest absolute Gasteiger partial charge is 0.0816 e. The van der Waals surface area contributed by atoms with Crippen LogP contribution in [0.3, 0.4) is 0 Å². The van der Waals surface area contributed by atoms with Crippen LogP contribution in [0.25, 0.3) is 0 Å². The van der Waals surface area contributed by atoms with Crippen molar-refractivity contribution in [3.05, 3.63) is 56.5 Å². The van der Waals surface area contributed by atoms with Gasteiger partial charge >= 0.3 is 0 Å². The topological polar surface area (TPSA) is 24.7 Å². The highest BCUT2D eigenvalue weighted by molar-refractivity contribution is 6.37. The molecule has 0 atom stereocenters. The van der Waals surface area contributed by atoms with Crippen molar-refractivity contribution in [2.75, 3.05) is 0 Å². The van der Waals surface area contributed by atoms with E-state index < -0.39 is 0 Å². The largest absolute Gasteiger partial charge is 0.256 e. The molecular weight excluding hydrogens is 374 g/mol. The molecule has 0 unspecified atom stereocenters. The van der Waals surface area contributed by atoms with E-state index in [1.54, 1.807) is 36.4 Å². The van der Waals surface area contributed by atoms with Gasteiger partial charge in [0, 0.05) is 27.9 Å². The molecule has 0 amide bonds. The molecule has 0 saturated carbocycles. The van der Waals surface area contributed by atoms with Crippen molar-refractivity contribution in [2.24, 2.45) is 9.98 Å². The average molecular weight is 388 g/mol. The maximum absolute atomic E-state index is 6.12. The summed E-state index contributed by atoms with van der Waals surface area (Å²) in [5.74, 6) is 0. The molecule has 6 heteroatoms. The van der Waals surface area contributed by atoms with Gasteiger partial charge in [-0.15, -0.1) is 0 Å². The van der Waals surface area contributed by atoms with Crippen LogP contribution >= 0.6 is 46.4 Å². The Kier molecular flexibility index (Phi) is 6.49. The summed E-state index contributed by atoms with van der Waals surface area (Å²) in [6, 6.07) is 10.4. The molecule has 0 fully saturated rings. The summed E-state index contributed by atoms with van der Waals surface area (Å²) in [7, 11) is 0. The number of hydrogen-bond donors (Lipinski definition) is 0. The highest BCUT2D eigenvalue weighted by atomic mass is 35.5. The zero-order chi connectivity index (χ0) is 17.0. The summed E-state index contributed by atoms with van der Waals surface area (Å²) < 4.78 is 0. The summed E-state index contributed by atoms with van der Waals surface area (Å²) in [5.41, 5.74) is 3.15. The molecule has 2 nitrogen and oxygen atoms in total. The van der Waals surface area contributed by atoms with Gasteiger partial charge in [-0.3, -0.25) is 9.98 Å². The third kappa shape index (κ3) is 5.50. The maximum atomic E-state index is 6.12. The normalized spacial score (nSPS) is 12.6. The van der Waals surface area contributed by atoms with Crippen LogP contribution in [-0.4, -0.2) is 11.4 Å². The van der Waals surface area contributed by atoms with E-state index in [9.17, 15) is 0 Å². The molecule has 0 aliphatic carbocycles. The average Bonchev–Trinajstić information content (AvgIpc) is 2.45. The second-order valence-electron chi connectivity index (χ2n) is 5.06. The van der Waals surface area contributed by atoms with Gasteiger partial charge < -0.3 is 0 Å². The summed E-state index contributed by atoms with van der Waals surface area (Å²) in [4.78, 5) is 9.02. The van der Waals surface area contributed by atoms with Gasteiger partial charge in [-0.1, -0.05) is 46.4 Å². The Labute approximate surface area is 155 Å². The fourth-order valence-electron chi connectivity index (χ4n) is 2.00. The number of hydrogen-bond acceptors (Lipinski definition) is 2. The molecule has 2 aromatic rings. The highest BCUT2D eigenvalue weighted by Gasteiger charge is 2.04. The Bertz CT molecular complexity index is 717. The molecule has 120 valence electrons. The molecule has 23 heavy (non-hydrogen) atoms. The maximum Gasteiger partial charge on any atom is 0.0816 e. The Morgan fingerprint density at radius 1 is 0.739 bits per heavy atom. The molecule has 0 bridgehead atoms. The van der Waals surface area contributed by atoms with E-state index >= 15 is 0 Å². The Morgan fingerprint density at radius 3 is 1.48 bits per heavy atom. The van der Waals surface area contributed by atoms with Crippen LogP contribution in [0.2, 0.25) is 20.1 Å². The summed E-state index contributed by atoms with van der Waals surface area (Å²) in [6.45, 7) is 3.85. The minimum Gasteiger partial charge on any atom is -0.256 e. The van der Waals surface area contributed by atoms with Crippen molar-refractivity contribution in [2.45, 2.75) is 20.3 Å². The highest BCUT2D eigenvalue weighted by Crippen LogP contribution is 2.29. The van der Waals surface area contributed by atoms with Crippen LogP contribution < -0.4 is 0 Å². The van der Waals surface area contributed by atoms with Gasteiger partial charge in [-0.05, 0) is 50.2 Å². The molecule has 0 heterocycles. The predicted molar refractivity (Wildman–Crippen MR) is 103 cm³/mol. The molecular formula is C17H14Cl4N2. The quantitative estimate of drug-likeness (QED) is 0.483. The Hall–Kier alpha value is -1.06. The van der Waals surface area contributed by atoms with Crippen LogP contribution in [0.4, 0.5) is 11.4 Å². The van der Waals surface area contributed by atoms with Crippen LogP contribution in [-0.2, 0) is 0 Å². The van der Waals surface area contributed by atoms with Crippen molar-refractivity contribution in [1.29, 1.82) is 0 Å². The Morgan fingerprint density at radius 2 is 1.13 bits per heavy atom. The fourth-order valence-corrected chi connectivity index (χ4v) is 2.91. The van der Waals surface area contributed by atoms with Gasteiger partial charge in [0.1, 0.15) is 0 Å². The molecule has 0 spiro atoms. The number of halogens is 4. The van der Waals surface area contributed by atoms with Gasteiger partial charge in [0.25, 0.3) is 0 Å². The van der Waals surface area contributed by atoms with Crippen LogP contribution in [0.5, 0.6) is 0 Å². The lowest BCUT2D eigenvalue weighted by molar-refractivity contribution is 1.37. The summed E-state index contributed by atoms with van der Waals surface area (Å²) in [5, 5.41) is 2.21. The second-order valence-corrected chi connectivity index (χ2v) is 6.75. The van der Waals surface area contributed by atoms with E-state index in [1.807, 2.05) is 13.8 Å². The van der Waals surface area contributed by atoms with E-state index in [-0.39, 0.29) is 0 Å². The SMILES string of the molecule is C/C(C/C(C)=N/c1ccc(Cl)cc1Cl)=N/c1ccc(Cl)cc1Cl. The monoisotopic (exact) mass is 386 g/mol. The van der Waals surface area contributed by atoms with E-state index in [4.69, 9.17) is 46.4 Å². The van der Waals surface area contributed by atoms with Gasteiger partial charge in [0.2, 0.25) is 0 Å². The van der Waals surface area contributed by atoms with Gasteiger partial charge in [-0.2, -0.15) is 0 Å². The zero-order valence-corrected chi connectivity index (χ0v) is 15.6. The fraction of sp³-hybridized carbons (Fsp3) is 0.176. The van der Waals surface area contributed by atoms with Crippen LogP contribution in [0.1, 0.15) is 20.3 Å². The predicted octanol–water partition coefficient (Wildman–Crippen LogP) is 7.58. The number of benzene rings is 2. The minimum absolute atomic E-state index is 0.521. The molecule has 0 aromatic heterocycles. The third-order valence-electron chi connectivity index (χ3n) is 2.95. The van der Waals surface area contributed by atoms with E-state index in [0.717, 1.165) is 11.4 Å². The van der Waals surface area contributed by atoms with Gasteiger partial charge in [-0.25, -0.2) is 0 Å². The van der Waals surface area contributed by atoms with Crippen LogP contribution in [0, 0.1) is 0 Å². The van der Waals surface area contributed by atoms with Crippen molar-refractivity contribution in [3.8, 4) is 0 Å². The molecule has 0 aliphatic rings. The first-order chi connectivity index (χ1) is 10.8. The second kappa shape index (κ2) is 8.16. The Balaban J connectivity index is 2.16. The first-order valence-corrected chi connectivity index (χ1v) is 8.35. The molecule has 2 rings (SSSR count). The first kappa shape index (κ1) is 18.3. The minimum atomic E-state index is 0.521. The number of rotatable bonds is 4. The van der Waals surface area contributed by atoms with E-state index in [2.05, 4.69) is 9.98 Å². The standard InChI is InChI=1S/C17H14Cl4N2/c1-10(22-16-5-3-12(18)8-14(16)20)7-11(2)23-17-6-4-13(19)9-15(17)21/h3-6,8-9H,7H2,1-2H3/b22-10-,23-11+. The summed E-state index contributed by atoms with van der Waals surface area (Å²) >= 11 is 24.0. The lowest BCUT2D eigenvalue weighted by Crippen LogP contribution is -2.00. The van der Waals surface area contributed by atoms with Crippen molar-refractivity contribution < 1.29 is 0 Å². The third-order valence-corrected chi connectivity index (χ3v) is 4.03. The molecule has 0 saturated heterocycles. The van der Waals surface area contributed by atoms with Crippen molar-refractivity contribution in [1.82, 2.24) is 0 Å². The lowest BCUT2D eigenvalue weighted by atomic mass is 10.2. The molecule has 0 N–H and O–H groups in total. The molecule has 0 aliphatic heterocycles. The van der Waals surface area contributed by atoms with Gasteiger partial charge in [0.05, 0.1) is 21.4 Å². The summed E-state index contributed by atoms with van der Waals surface area (Å²) in [6.07, 6.45) is 0.609. The first-order valence-electron chi connectivity index (χ1n) is 6.83.